The van der Waals surface area contributed by atoms with Crippen LogP contribution in [0.25, 0.3) is 0 Å². The fourth-order valence-corrected chi connectivity index (χ4v) is 2.12. The molecule has 0 unspecified atom stereocenters. The molecule has 0 bridgehead atoms. The summed E-state index contributed by atoms with van der Waals surface area (Å²) < 4.78 is 5.22. The minimum absolute atomic E-state index is 0.350. The number of nitrogens with two attached hydrogens (primary N) is 1. The first-order valence-corrected chi connectivity index (χ1v) is 6.88. The molecule has 0 aliphatic heterocycles. The van der Waals surface area contributed by atoms with E-state index in [0.717, 1.165) is 11.3 Å². The fraction of sp³-hybridized carbons (Fsp3) is 0.214. The lowest BCUT2D eigenvalue weighted by atomic mass is 10.1. The van der Waals surface area contributed by atoms with E-state index < -0.39 is 0 Å². The number of nitrogens with zero attached hydrogens (tertiary/aromatic N) is 3. The number of aromatic nitrogens is 4. The molecule has 108 valence electrons. The predicted molar refractivity (Wildman–Crippen MR) is 77.8 cm³/mol. The van der Waals surface area contributed by atoms with Crippen molar-refractivity contribution in [3.05, 3.63) is 64.8 Å². The molecule has 6 nitrogen and oxygen atoms in total. The van der Waals surface area contributed by atoms with Gasteiger partial charge in [0.25, 0.3) is 0 Å². The van der Waals surface area contributed by atoms with E-state index in [9.17, 15) is 0 Å². The summed E-state index contributed by atoms with van der Waals surface area (Å²) in [6, 6.07) is 7.19. The molecule has 3 rings (SSSR count). The van der Waals surface area contributed by atoms with E-state index in [-0.39, 0.29) is 6.04 Å². The number of nitrogens with one attached hydrogen (secondary N) is 1. The van der Waals surface area contributed by atoms with Crippen LogP contribution in [0.3, 0.4) is 0 Å². The van der Waals surface area contributed by atoms with Crippen LogP contribution in [0, 0.1) is 0 Å². The van der Waals surface area contributed by atoms with Crippen LogP contribution < -0.4 is 5.73 Å². The second-order valence-corrected chi connectivity index (χ2v) is 5.18. The standard InChI is InChI=1S/C14H14ClN5O/c15-10-3-1-9(2-4-10)5-13-19-14(21-20-13)12(16)6-11-7-17-8-18-11/h1-4,7-8,12H,5-6,16H2,(H,17,18)/t12-/m0/s1. The summed E-state index contributed by atoms with van der Waals surface area (Å²) in [5.41, 5.74) is 8.05. The molecule has 3 aromatic rings. The molecule has 2 aromatic heterocycles. The molecule has 0 aliphatic rings. The molecule has 2 heterocycles. The van der Waals surface area contributed by atoms with Gasteiger partial charge in [-0.15, -0.1) is 0 Å². The summed E-state index contributed by atoms with van der Waals surface area (Å²) >= 11 is 5.85. The highest BCUT2D eigenvalue weighted by Crippen LogP contribution is 2.15. The Morgan fingerprint density at radius 1 is 1.29 bits per heavy atom. The average molecular weight is 304 g/mol. The number of hydrogen-bond acceptors (Lipinski definition) is 5. The Morgan fingerprint density at radius 3 is 2.81 bits per heavy atom. The molecule has 0 radical (unpaired) electrons. The van der Waals surface area contributed by atoms with Crippen molar-refractivity contribution in [3.8, 4) is 0 Å². The van der Waals surface area contributed by atoms with Crippen molar-refractivity contribution in [2.45, 2.75) is 18.9 Å². The second kappa shape index (κ2) is 6.07. The Morgan fingerprint density at radius 2 is 2.10 bits per heavy atom. The number of aromatic amines is 1. The van der Waals surface area contributed by atoms with E-state index in [0.29, 0.717) is 29.6 Å². The summed E-state index contributed by atoms with van der Waals surface area (Å²) in [4.78, 5) is 11.3. The van der Waals surface area contributed by atoms with Gasteiger partial charge in [0.05, 0.1) is 12.4 Å². The highest BCUT2D eigenvalue weighted by Gasteiger charge is 2.16. The van der Waals surface area contributed by atoms with Crippen LogP contribution in [0.1, 0.15) is 29.0 Å². The minimum atomic E-state index is -0.350. The van der Waals surface area contributed by atoms with Crippen LogP contribution in [-0.4, -0.2) is 20.1 Å². The van der Waals surface area contributed by atoms with E-state index >= 15 is 0 Å². The Labute approximate surface area is 126 Å². The molecule has 0 spiro atoms. The van der Waals surface area contributed by atoms with Gasteiger partial charge in [-0.1, -0.05) is 28.9 Å². The Bertz CT molecular complexity index is 692. The Kier molecular flexibility index (Phi) is 3.98. The number of halogens is 1. The predicted octanol–water partition coefficient (Wildman–Crippen LogP) is 2.28. The van der Waals surface area contributed by atoms with Crippen LogP contribution in [0.5, 0.6) is 0 Å². The van der Waals surface area contributed by atoms with Crippen LogP contribution in [0.4, 0.5) is 0 Å². The number of hydrogen-bond donors (Lipinski definition) is 2. The summed E-state index contributed by atoms with van der Waals surface area (Å²) in [7, 11) is 0. The molecular formula is C14H14ClN5O. The monoisotopic (exact) mass is 303 g/mol. The minimum Gasteiger partial charge on any atom is -0.348 e. The summed E-state index contributed by atoms with van der Waals surface area (Å²) in [6.07, 6.45) is 4.49. The maximum absolute atomic E-state index is 6.05. The van der Waals surface area contributed by atoms with Gasteiger partial charge < -0.3 is 15.2 Å². The topological polar surface area (TPSA) is 93.6 Å². The lowest BCUT2D eigenvalue weighted by Crippen LogP contribution is -2.14. The van der Waals surface area contributed by atoms with Crippen molar-refractivity contribution in [2.75, 3.05) is 0 Å². The van der Waals surface area contributed by atoms with Crippen molar-refractivity contribution < 1.29 is 4.52 Å². The molecule has 3 N–H and O–H groups in total. The van der Waals surface area contributed by atoms with Gasteiger partial charge >= 0.3 is 0 Å². The van der Waals surface area contributed by atoms with Crippen LogP contribution in [0.2, 0.25) is 5.02 Å². The molecule has 0 saturated heterocycles. The van der Waals surface area contributed by atoms with E-state index in [4.69, 9.17) is 21.9 Å². The zero-order valence-corrected chi connectivity index (χ0v) is 11.9. The van der Waals surface area contributed by atoms with E-state index in [1.54, 1.807) is 12.5 Å². The normalized spacial score (nSPS) is 12.5. The molecule has 0 fully saturated rings. The van der Waals surface area contributed by atoms with Crippen molar-refractivity contribution in [1.82, 2.24) is 20.1 Å². The third kappa shape index (κ3) is 3.48. The zero-order chi connectivity index (χ0) is 14.7. The van der Waals surface area contributed by atoms with Crippen LogP contribution >= 0.6 is 11.6 Å². The van der Waals surface area contributed by atoms with Gasteiger partial charge in [0.15, 0.2) is 5.82 Å². The van der Waals surface area contributed by atoms with E-state index in [1.165, 1.54) is 0 Å². The fourth-order valence-electron chi connectivity index (χ4n) is 2.00. The van der Waals surface area contributed by atoms with Crippen molar-refractivity contribution in [3.63, 3.8) is 0 Å². The molecule has 0 aliphatic carbocycles. The molecular weight excluding hydrogens is 290 g/mol. The smallest absolute Gasteiger partial charge is 0.243 e. The van der Waals surface area contributed by atoms with Gasteiger partial charge in [-0.3, -0.25) is 0 Å². The largest absolute Gasteiger partial charge is 0.348 e. The van der Waals surface area contributed by atoms with Gasteiger partial charge in [0.1, 0.15) is 0 Å². The average Bonchev–Trinajstić information content (AvgIpc) is 3.13. The number of rotatable bonds is 5. The first kappa shape index (κ1) is 13.8. The quantitative estimate of drug-likeness (QED) is 0.754. The van der Waals surface area contributed by atoms with Gasteiger partial charge in [0.2, 0.25) is 5.89 Å². The van der Waals surface area contributed by atoms with Gasteiger partial charge in [0, 0.05) is 29.8 Å². The highest BCUT2D eigenvalue weighted by molar-refractivity contribution is 6.30. The zero-order valence-electron chi connectivity index (χ0n) is 11.2. The summed E-state index contributed by atoms with van der Waals surface area (Å²) in [5.74, 6) is 1.03. The first-order valence-electron chi connectivity index (χ1n) is 6.50. The third-order valence-electron chi connectivity index (χ3n) is 3.07. The lowest BCUT2D eigenvalue weighted by Gasteiger charge is -2.03. The maximum Gasteiger partial charge on any atom is 0.243 e. The van der Waals surface area contributed by atoms with Crippen LogP contribution in [-0.2, 0) is 12.8 Å². The Balaban J connectivity index is 1.66. The molecule has 21 heavy (non-hydrogen) atoms. The summed E-state index contributed by atoms with van der Waals surface area (Å²) in [6.45, 7) is 0. The molecule has 1 atom stereocenters. The first-order chi connectivity index (χ1) is 10.2. The van der Waals surface area contributed by atoms with Gasteiger partial charge in [-0.2, -0.15) is 4.98 Å². The SMILES string of the molecule is N[C@@H](Cc1cnc[nH]1)c1nc(Cc2ccc(Cl)cc2)no1. The number of H-pyrrole nitrogens is 1. The number of benzene rings is 1. The molecule has 0 saturated carbocycles. The van der Waals surface area contributed by atoms with E-state index in [1.807, 2.05) is 24.3 Å². The third-order valence-corrected chi connectivity index (χ3v) is 3.32. The maximum atomic E-state index is 6.05. The highest BCUT2D eigenvalue weighted by atomic mass is 35.5. The molecule has 0 amide bonds. The molecule has 7 heteroatoms. The van der Waals surface area contributed by atoms with E-state index in [2.05, 4.69) is 20.1 Å². The van der Waals surface area contributed by atoms with Crippen LogP contribution in [0.15, 0.2) is 41.3 Å². The second-order valence-electron chi connectivity index (χ2n) is 4.74. The number of imidazole rings is 1. The lowest BCUT2D eigenvalue weighted by molar-refractivity contribution is 0.350. The van der Waals surface area contributed by atoms with Crippen molar-refractivity contribution in [2.24, 2.45) is 5.73 Å². The van der Waals surface area contributed by atoms with Crippen molar-refractivity contribution >= 4 is 11.6 Å². The summed E-state index contributed by atoms with van der Waals surface area (Å²) in [5, 5.41) is 4.66. The van der Waals surface area contributed by atoms with Crippen molar-refractivity contribution in [1.29, 1.82) is 0 Å². The van der Waals surface area contributed by atoms with Gasteiger partial charge in [-0.05, 0) is 17.7 Å². The Hall–Kier alpha value is -2.18. The molecule has 1 aromatic carbocycles. The van der Waals surface area contributed by atoms with Gasteiger partial charge in [-0.25, -0.2) is 4.98 Å².